The fourth-order valence-corrected chi connectivity index (χ4v) is 1.63. The second kappa shape index (κ2) is 3.01. The van der Waals surface area contributed by atoms with Gasteiger partial charge in [0, 0.05) is 12.4 Å². The van der Waals surface area contributed by atoms with Crippen molar-refractivity contribution in [2.75, 3.05) is 0 Å². The molecule has 4 heteroatoms. The van der Waals surface area contributed by atoms with E-state index in [4.69, 9.17) is 16.7 Å². The van der Waals surface area contributed by atoms with E-state index >= 15 is 0 Å². The van der Waals surface area contributed by atoms with Gasteiger partial charge in [-0.1, -0.05) is 17.7 Å². The van der Waals surface area contributed by atoms with Crippen molar-refractivity contribution in [1.82, 2.24) is 9.78 Å². The predicted octanol–water partition coefficient (Wildman–Crippen LogP) is 1.72. The van der Waals surface area contributed by atoms with E-state index in [1.54, 1.807) is 4.68 Å². The summed E-state index contributed by atoms with van der Waals surface area (Å²) in [6.45, 7) is 0.0404. The Bertz CT molecular complexity index is 450. The molecule has 0 spiro atoms. The fraction of sp³-hybridized carbons (Fsp3) is 0.222. The molecule has 0 aliphatic heterocycles. The summed E-state index contributed by atoms with van der Waals surface area (Å²) in [5, 5.41) is 14.4. The van der Waals surface area contributed by atoms with Gasteiger partial charge < -0.3 is 5.11 Å². The Labute approximate surface area is 80.5 Å². The number of aliphatic hydroxyl groups is 1. The van der Waals surface area contributed by atoms with Crippen LogP contribution in [-0.4, -0.2) is 14.9 Å². The molecule has 0 saturated carbocycles. The third kappa shape index (κ3) is 1.30. The molecule has 13 heavy (non-hydrogen) atoms. The quantitative estimate of drug-likeness (QED) is 0.754. The van der Waals surface area contributed by atoms with E-state index in [0.29, 0.717) is 5.15 Å². The lowest BCUT2D eigenvalue weighted by Gasteiger charge is -1.97. The number of fused-ring (bicyclic) bond motifs is 1. The average molecular weight is 197 g/mol. The van der Waals surface area contributed by atoms with Crippen LogP contribution in [0.5, 0.6) is 0 Å². The number of halogens is 1. The van der Waals surface area contributed by atoms with Crippen molar-refractivity contribution in [3.05, 3.63) is 28.9 Å². The van der Waals surface area contributed by atoms with E-state index in [2.05, 4.69) is 5.10 Å². The molecule has 0 amide bonds. The lowest BCUT2D eigenvalue weighted by atomic mass is 10.2. The van der Waals surface area contributed by atoms with Crippen LogP contribution in [0.15, 0.2) is 18.2 Å². The van der Waals surface area contributed by atoms with Gasteiger partial charge >= 0.3 is 0 Å². The molecule has 3 nitrogen and oxygen atoms in total. The summed E-state index contributed by atoms with van der Waals surface area (Å²) in [5.74, 6) is 0. The first-order valence-electron chi connectivity index (χ1n) is 3.94. The number of nitrogens with zero attached hydrogens (tertiary/aromatic N) is 2. The molecule has 0 unspecified atom stereocenters. The van der Waals surface area contributed by atoms with Crippen LogP contribution in [0.1, 0.15) is 5.56 Å². The molecule has 0 radical (unpaired) electrons. The van der Waals surface area contributed by atoms with E-state index < -0.39 is 0 Å². The first kappa shape index (κ1) is 8.53. The highest BCUT2D eigenvalue weighted by atomic mass is 35.5. The molecule has 2 rings (SSSR count). The maximum Gasteiger partial charge on any atom is 0.158 e. The van der Waals surface area contributed by atoms with E-state index in [-0.39, 0.29) is 6.61 Å². The maximum atomic E-state index is 8.93. The molecular formula is C9H9ClN2O. The van der Waals surface area contributed by atoms with Gasteiger partial charge in [-0.05, 0) is 17.7 Å². The van der Waals surface area contributed by atoms with Gasteiger partial charge in [0.15, 0.2) is 5.15 Å². The zero-order chi connectivity index (χ0) is 9.42. The molecule has 0 saturated heterocycles. The van der Waals surface area contributed by atoms with Crippen molar-refractivity contribution >= 4 is 22.5 Å². The van der Waals surface area contributed by atoms with Crippen molar-refractivity contribution in [2.45, 2.75) is 6.61 Å². The molecule has 68 valence electrons. The van der Waals surface area contributed by atoms with Crippen molar-refractivity contribution in [1.29, 1.82) is 0 Å². The molecule has 1 N–H and O–H groups in total. The lowest BCUT2D eigenvalue weighted by molar-refractivity contribution is 0.282. The van der Waals surface area contributed by atoms with Gasteiger partial charge in [-0.2, -0.15) is 5.10 Å². The Balaban J connectivity index is 2.76. The molecule has 1 aromatic heterocycles. The molecule has 2 aromatic rings. The standard InChI is InChI=1S/C9H9ClN2O/c1-12-8-4-6(5-13)2-3-7(8)9(10)11-12/h2-4,13H,5H2,1H3. The van der Waals surface area contributed by atoms with E-state index in [1.807, 2.05) is 25.2 Å². The Morgan fingerprint density at radius 3 is 3.00 bits per heavy atom. The second-order valence-electron chi connectivity index (χ2n) is 2.92. The van der Waals surface area contributed by atoms with E-state index in [1.165, 1.54) is 0 Å². The minimum Gasteiger partial charge on any atom is -0.392 e. The van der Waals surface area contributed by atoms with E-state index in [9.17, 15) is 0 Å². The first-order valence-corrected chi connectivity index (χ1v) is 4.32. The zero-order valence-electron chi connectivity index (χ0n) is 7.16. The van der Waals surface area contributed by atoms with Gasteiger partial charge in [0.05, 0.1) is 12.1 Å². The minimum atomic E-state index is 0.0404. The minimum absolute atomic E-state index is 0.0404. The average Bonchev–Trinajstić information content (AvgIpc) is 2.42. The summed E-state index contributed by atoms with van der Waals surface area (Å²) in [4.78, 5) is 0. The van der Waals surface area contributed by atoms with Gasteiger partial charge in [-0.15, -0.1) is 0 Å². The molecule has 0 atom stereocenters. The summed E-state index contributed by atoms with van der Waals surface area (Å²) in [6.07, 6.45) is 0. The van der Waals surface area contributed by atoms with Gasteiger partial charge in [-0.25, -0.2) is 0 Å². The monoisotopic (exact) mass is 196 g/mol. The van der Waals surface area contributed by atoms with Crippen LogP contribution in [0.3, 0.4) is 0 Å². The number of aryl methyl sites for hydroxylation is 1. The highest BCUT2D eigenvalue weighted by molar-refractivity contribution is 6.34. The fourth-order valence-electron chi connectivity index (χ4n) is 1.36. The smallest absolute Gasteiger partial charge is 0.158 e. The molecule has 0 aliphatic carbocycles. The molecule has 0 aliphatic rings. The Hall–Kier alpha value is -1.06. The van der Waals surface area contributed by atoms with Gasteiger partial charge in [0.25, 0.3) is 0 Å². The van der Waals surface area contributed by atoms with Crippen molar-refractivity contribution < 1.29 is 5.11 Å². The molecule has 1 aromatic carbocycles. The number of aromatic nitrogens is 2. The largest absolute Gasteiger partial charge is 0.392 e. The topological polar surface area (TPSA) is 38.0 Å². The zero-order valence-corrected chi connectivity index (χ0v) is 7.91. The summed E-state index contributed by atoms with van der Waals surface area (Å²) in [6, 6.07) is 5.60. The number of benzene rings is 1. The second-order valence-corrected chi connectivity index (χ2v) is 3.28. The van der Waals surface area contributed by atoms with Gasteiger partial charge in [0.2, 0.25) is 0 Å². The SMILES string of the molecule is Cn1nc(Cl)c2ccc(CO)cc21. The lowest BCUT2D eigenvalue weighted by Crippen LogP contribution is -1.90. The van der Waals surface area contributed by atoms with Gasteiger partial charge in [-0.3, -0.25) is 4.68 Å². The van der Waals surface area contributed by atoms with Crippen molar-refractivity contribution in [2.24, 2.45) is 7.05 Å². The first-order chi connectivity index (χ1) is 6.22. The Morgan fingerprint density at radius 1 is 1.54 bits per heavy atom. The third-order valence-corrected chi connectivity index (χ3v) is 2.33. The predicted molar refractivity (Wildman–Crippen MR) is 51.6 cm³/mol. The molecule has 0 fully saturated rings. The van der Waals surface area contributed by atoms with Crippen LogP contribution in [0.2, 0.25) is 5.15 Å². The summed E-state index contributed by atoms with van der Waals surface area (Å²) in [7, 11) is 1.83. The number of rotatable bonds is 1. The molecule has 0 bridgehead atoms. The maximum absolute atomic E-state index is 8.93. The highest BCUT2D eigenvalue weighted by Gasteiger charge is 2.05. The number of hydrogen-bond donors (Lipinski definition) is 1. The van der Waals surface area contributed by atoms with Crippen molar-refractivity contribution in [3.8, 4) is 0 Å². The summed E-state index contributed by atoms with van der Waals surface area (Å²) >= 11 is 5.88. The molecular weight excluding hydrogens is 188 g/mol. The number of hydrogen-bond acceptors (Lipinski definition) is 2. The highest BCUT2D eigenvalue weighted by Crippen LogP contribution is 2.22. The summed E-state index contributed by atoms with van der Waals surface area (Å²) < 4.78 is 1.71. The Morgan fingerprint density at radius 2 is 2.31 bits per heavy atom. The number of aliphatic hydroxyl groups excluding tert-OH is 1. The van der Waals surface area contributed by atoms with Crippen LogP contribution in [0.25, 0.3) is 10.9 Å². The third-order valence-electron chi connectivity index (χ3n) is 2.05. The van der Waals surface area contributed by atoms with Gasteiger partial charge in [0.1, 0.15) is 0 Å². The van der Waals surface area contributed by atoms with E-state index in [0.717, 1.165) is 16.5 Å². The van der Waals surface area contributed by atoms with Crippen LogP contribution in [0.4, 0.5) is 0 Å². The van der Waals surface area contributed by atoms with Crippen LogP contribution < -0.4 is 0 Å². The molecule has 1 heterocycles. The summed E-state index contributed by atoms with van der Waals surface area (Å²) in [5.41, 5.74) is 1.81. The van der Waals surface area contributed by atoms with Crippen LogP contribution in [-0.2, 0) is 13.7 Å². The van der Waals surface area contributed by atoms with Crippen LogP contribution in [0, 0.1) is 0 Å². The van der Waals surface area contributed by atoms with Crippen molar-refractivity contribution in [3.63, 3.8) is 0 Å². The van der Waals surface area contributed by atoms with Crippen LogP contribution >= 0.6 is 11.6 Å². The Kier molecular flexibility index (Phi) is 1.98. The normalized spacial score (nSPS) is 11.0.